The van der Waals surface area contributed by atoms with Gasteiger partial charge in [-0.1, -0.05) is 13.3 Å². The summed E-state index contributed by atoms with van der Waals surface area (Å²) in [6, 6.07) is 3.30. The zero-order valence-corrected chi connectivity index (χ0v) is 12.0. The summed E-state index contributed by atoms with van der Waals surface area (Å²) in [4.78, 5) is 0. The molecule has 1 atom stereocenters. The molecule has 0 bridgehead atoms. The first-order valence-corrected chi connectivity index (χ1v) is 6.78. The highest BCUT2D eigenvalue weighted by Gasteiger charge is 2.11. The molecule has 1 unspecified atom stereocenters. The van der Waals surface area contributed by atoms with E-state index in [0.717, 1.165) is 25.7 Å². The van der Waals surface area contributed by atoms with Crippen molar-refractivity contribution in [2.75, 3.05) is 14.2 Å². The molecule has 0 spiro atoms. The van der Waals surface area contributed by atoms with Crippen LogP contribution in [0.4, 0.5) is 4.39 Å². The summed E-state index contributed by atoms with van der Waals surface area (Å²) in [7, 11) is 3.05. The van der Waals surface area contributed by atoms with Gasteiger partial charge in [0, 0.05) is 12.1 Å². The topological polar surface area (TPSA) is 44.5 Å². The highest BCUT2D eigenvalue weighted by atomic mass is 19.1. The van der Waals surface area contributed by atoms with Gasteiger partial charge in [-0.15, -0.1) is 0 Å². The molecule has 0 aliphatic rings. The van der Waals surface area contributed by atoms with Crippen molar-refractivity contribution in [1.82, 2.24) is 0 Å². The SMILES string of the molecule is CCCC(N)CCCc1cc(OC)c(OC)cc1F. The average molecular weight is 269 g/mol. The van der Waals surface area contributed by atoms with Gasteiger partial charge >= 0.3 is 0 Å². The third-order valence-electron chi connectivity index (χ3n) is 3.23. The summed E-state index contributed by atoms with van der Waals surface area (Å²) in [6.45, 7) is 2.12. The van der Waals surface area contributed by atoms with Crippen molar-refractivity contribution < 1.29 is 13.9 Å². The van der Waals surface area contributed by atoms with E-state index in [1.54, 1.807) is 13.2 Å². The molecule has 19 heavy (non-hydrogen) atoms. The number of methoxy groups -OCH3 is 2. The Morgan fingerprint density at radius 1 is 1.16 bits per heavy atom. The van der Waals surface area contributed by atoms with Gasteiger partial charge in [0.25, 0.3) is 0 Å². The molecule has 3 nitrogen and oxygen atoms in total. The summed E-state index contributed by atoms with van der Waals surface area (Å²) >= 11 is 0. The summed E-state index contributed by atoms with van der Waals surface area (Å²) in [5.41, 5.74) is 6.60. The van der Waals surface area contributed by atoms with Crippen molar-refractivity contribution in [3.05, 3.63) is 23.5 Å². The molecule has 0 fully saturated rings. The van der Waals surface area contributed by atoms with Crippen LogP contribution in [0, 0.1) is 5.82 Å². The lowest BCUT2D eigenvalue weighted by atomic mass is 10.0. The first-order chi connectivity index (χ1) is 9.12. The van der Waals surface area contributed by atoms with E-state index >= 15 is 0 Å². The Bertz CT molecular complexity index is 396. The standard InChI is InChI=1S/C15H24FNO2/c1-4-6-12(17)8-5-7-11-9-14(18-2)15(19-3)10-13(11)16/h9-10,12H,4-8,17H2,1-3H3. The molecule has 0 saturated carbocycles. The number of hydrogen-bond donors (Lipinski definition) is 1. The number of hydrogen-bond acceptors (Lipinski definition) is 3. The van der Waals surface area contributed by atoms with Gasteiger partial charge < -0.3 is 15.2 Å². The predicted molar refractivity (Wildman–Crippen MR) is 75.3 cm³/mol. The van der Waals surface area contributed by atoms with Gasteiger partial charge in [-0.3, -0.25) is 0 Å². The fourth-order valence-corrected chi connectivity index (χ4v) is 2.16. The lowest BCUT2D eigenvalue weighted by Gasteiger charge is -2.12. The van der Waals surface area contributed by atoms with Gasteiger partial charge in [-0.25, -0.2) is 4.39 Å². The molecule has 0 aliphatic carbocycles. The molecule has 2 N–H and O–H groups in total. The van der Waals surface area contributed by atoms with E-state index in [4.69, 9.17) is 15.2 Å². The molecule has 4 heteroatoms. The Hall–Kier alpha value is -1.29. The van der Waals surface area contributed by atoms with Crippen LogP contribution in [0.3, 0.4) is 0 Å². The second-order valence-electron chi connectivity index (χ2n) is 4.74. The van der Waals surface area contributed by atoms with E-state index in [9.17, 15) is 4.39 Å². The smallest absolute Gasteiger partial charge is 0.163 e. The van der Waals surface area contributed by atoms with Crippen molar-refractivity contribution in [1.29, 1.82) is 0 Å². The molecule has 0 heterocycles. The molecule has 108 valence electrons. The maximum Gasteiger partial charge on any atom is 0.163 e. The van der Waals surface area contributed by atoms with Gasteiger partial charge in [-0.2, -0.15) is 0 Å². The Morgan fingerprint density at radius 3 is 2.37 bits per heavy atom. The Morgan fingerprint density at radius 2 is 1.79 bits per heavy atom. The number of aryl methyl sites for hydroxylation is 1. The lowest BCUT2D eigenvalue weighted by Crippen LogP contribution is -2.19. The first kappa shape index (κ1) is 15.8. The third-order valence-corrected chi connectivity index (χ3v) is 3.23. The van der Waals surface area contributed by atoms with E-state index in [1.807, 2.05) is 0 Å². The average Bonchev–Trinajstić information content (AvgIpc) is 2.40. The summed E-state index contributed by atoms with van der Waals surface area (Å²) in [5.74, 6) is 0.741. The van der Waals surface area contributed by atoms with E-state index in [2.05, 4.69) is 6.92 Å². The molecule has 1 aromatic carbocycles. The number of rotatable bonds is 8. The van der Waals surface area contributed by atoms with Crippen LogP contribution >= 0.6 is 0 Å². The van der Waals surface area contributed by atoms with Gasteiger partial charge in [0.2, 0.25) is 0 Å². The molecule has 0 radical (unpaired) electrons. The van der Waals surface area contributed by atoms with Crippen LogP contribution in [0.25, 0.3) is 0 Å². The highest BCUT2D eigenvalue weighted by Crippen LogP contribution is 2.30. The quantitative estimate of drug-likeness (QED) is 0.787. The van der Waals surface area contributed by atoms with Crippen LogP contribution in [0.5, 0.6) is 11.5 Å². The van der Waals surface area contributed by atoms with Crippen LogP contribution in [0.1, 0.15) is 38.2 Å². The van der Waals surface area contributed by atoms with Crippen molar-refractivity contribution in [2.45, 2.75) is 45.1 Å². The zero-order chi connectivity index (χ0) is 14.3. The maximum absolute atomic E-state index is 13.9. The molecule has 1 rings (SSSR count). The fraction of sp³-hybridized carbons (Fsp3) is 0.600. The van der Waals surface area contributed by atoms with E-state index in [0.29, 0.717) is 23.5 Å². The highest BCUT2D eigenvalue weighted by molar-refractivity contribution is 5.43. The monoisotopic (exact) mass is 269 g/mol. The van der Waals surface area contributed by atoms with E-state index in [1.165, 1.54) is 13.2 Å². The van der Waals surface area contributed by atoms with Gasteiger partial charge in [-0.05, 0) is 37.3 Å². The minimum atomic E-state index is -0.248. The first-order valence-electron chi connectivity index (χ1n) is 6.78. The summed E-state index contributed by atoms with van der Waals surface area (Å²) in [6.07, 6.45) is 4.58. The largest absolute Gasteiger partial charge is 0.493 e. The minimum absolute atomic E-state index is 0.216. The van der Waals surface area contributed by atoms with Crippen LogP contribution in [-0.2, 0) is 6.42 Å². The molecule has 0 saturated heterocycles. The molecule has 1 aromatic rings. The summed E-state index contributed by atoms with van der Waals surface area (Å²) < 4.78 is 24.1. The van der Waals surface area contributed by atoms with E-state index < -0.39 is 0 Å². The Labute approximate surface area is 114 Å². The van der Waals surface area contributed by atoms with E-state index in [-0.39, 0.29) is 11.9 Å². The van der Waals surface area contributed by atoms with Crippen molar-refractivity contribution in [2.24, 2.45) is 5.73 Å². The van der Waals surface area contributed by atoms with Gasteiger partial charge in [0.1, 0.15) is 5.82 Å². The van der Waals surface area contributed by atoms with Gasteiger partial charge in [0.05, 0.1) is 14.2 Å². The number of nitrogens with two attached hydrogens (primary N) is 1. The van der Waals surface area contributed by atoms with Crippen molar-refractivity contribution in [3.8, 4) is 11.5 Å². The molecule has 0 aromatic heterocycles. The lowest BCUT2D eigenvalue weighted by molar-refractivity contribution is 0.351. The number of halogens is 1. The summed E-state index contributed by atoms with van der Waals surface area (Å²) in [5, 5.41) is 0. The number of benzene rings is 1. The normalized spacial score (nSPS) is 12.3. The van der Waals surface area contributed by atoms with Crippen molar-refractivity contribution in [3.63, 3.8) is 0 Å². The van der Waals surface area contributed by atoms with Gasteiger partial charge in [0.15, 0.2) is 11.5 Å². The molecule has 0 aliphatic heterocycles. The predicted octanol–water partition coefficient (Wildman–Crippen LogP) is 3.29. The maximum atomic E-state index is 13.9. The number of ether oxygens (including phenoxy) is 2. The molecular weight excluding hydrogens is 245 g/mol. The van der Waals surface area contributed by atoms with Crippen LogP contribution in [-0.4, -0.2) is 20.3 Å². The van der Waals surface area contributed by atoms with Crippen LogP contribution < -0.4 is 15.2 Å². The Balaban J connectivity index is 2.63. The molecular formula is C15H24FNO2. The minimum Gasteiger partial charge on any atom is -0.493 e. The zero-order valence-electron chi connectivity index (χ0n) is 12.0. The second kappa shape index (κ2) is 8.00. The van der Waals surface area contributed by atoms with Crippen molar-refractivity contribution >= 4 is 0 Å². The third kappa shape index (κ3) is 4.71. The second-order valence-corrected chi connectivity index (χ2v) is 4.74. The fourth-order valence-electron chi connectivity index (χ4n) is 2.16. The molecule has 0 amide bonds. The Kier molecular flexibility index (Phi) is 6.64. The van der Waals surface area contributed by atoms with Crippen LogP contribution in [0.2, 0.25) is 0 Å². The van der Waals surface area contributed by atoms with Crippen LogP contribution in [0.15, 0.2) is 12.1 Å².